The van der Waals surface area contributed by atoms with Crippen LogP contribution in [0.25, 0.3) is 0 Å². The topological polar surface area (TPSA) is 309 Å². The minimum absolute atomic E-state index is 0.0315. The molecule has 0 radical (unpaired) electrons. The maximum atomic E-state index is 15.8. The van der Waals surface area contributed by atoms with Gasteiger partial charge in [-0.15, -0.1) is 0 Å². The molecule has 100 heavy (non-hydrogen) atoms. The van der Waals surface area contributed by atoms with Crippen LogP contribution < -0.4 is 31.9 Å². The molecule has 3 aromatic carbocycles. The highest BCUT2D eigenvalue weighted by atomic mass is 32.1. The second-order valence-electron chi connectivity index (χ2n) is 29.5. The van der Waals surface area contributed by atoms with Crippen molar-refractivity contribution in [1.82, 2.24) is 16.0 Å². The molecule has 2 saturated heterocycles. The van der Waals surface area contributed by atoms with Crippen LogP contribution in [0.2, 0.25) is 0 Å². The third kappa shape index (κ3) is 15.4. The van der Waals surface area contributed by atoms with E-state index in [4.69, 9.17) is 79.3 Å². The van der Waals surface area contributed by atoms with E-state index in [-0.39, 0.29) is 50.7 Å². The van der Waals surface area contributed by atoms with Crippen LogP contribution in [0.3, 0.4) is 0 Å². The van der Waals surface area contributed by atoms with Crippen LogP contribution in [0.4, 0.5) is 17.1 Å². The first kappa shape index (κ1) is 75.0. The standard InChI is InChI=1S/C73H90N6O18S3/c1-38(80)89-51-53(91-40(3)82)57(93-42(5)84)63(96-56(51)61(87)78-66(99)75-44-24-18-14-19-25-44)97-58-54(92-41(4)83)52(90-39(2)81)55(60(86)77-65(98)74-43-22-16-13-17-23-43)95-62(58)94-50-29-30-71(10)49(68(50,6)7)28-31-73(12)59(71)48(85)36-46-47-37-70(9,33-32-69(47,8)34-35-72(46,73)11)64(88)79-67(100)76-45-26-20-15-21-27-45/h13-27,36,47,49-59,62-63H,28-35,37H2,1-12H3,(H2,74,77,86,98)(H2,75,78,87,99)(H2,76,79,88,100)/t47-,49-,50-,51-,52-,53-,54-,55-,56-,57+,58+,59+,62-,63+,69+,70-,71-,72+,73+/m0/s1. The smallest absolute Gasteiger partial charge is 0.303 e. The van der Waals surface area contributed by atoms with Gasteiger partial charge in [-0.1, -0.05) is 109 Å². The number of carbonyl (C=O) groups is 9. The molecule has 24 nitrogen and oxygen atoms in total. The second-order valence-corrected chi connectivity index (χ2v) is 30.7. The van der Waals surface area contributed by atoms with E-state index in [2.05, 4.69) is 59.6 Å². The maximum absolute atomic E-state index is 15.8. The van der Waals surface area contributed by atoms with E-state index in [1.165, 1.54) is 0 Å². The largest absolute Gasteiger partial charge is 0.455 e. The molecule has 538 valence electrons. The summed E-state index contributed by atoms with van der Waals surface area (Å²) in [5, 5.41) is 16.8. The molecule has 7 aliphatic rings. The first-order chi connectivity index (χ1) is 47.1. The fourth-order valence-electron chi connectivity index (χ4n) is 17.6. The predicted octanol–water partition coefficient (Wildman–Crippen LogP) is 9.39. The summed E-state index contributed by atoms with van der Waals surface area (Å²) in [5.74, 6) is -7.89. The summed E-state index contributed by atoms with van der Waals surface area (Å²) < 4.78 is 56.7. The Balaban J connectivity index is 1.00. The molecule has 19 atom stereocenters. The van der Waals surface area contributed by atoms with Gasteiger partial charge in [0.15, 0.2) is 82.5 Å². The number of fused-ring (bicyclic) bond motifs is 7. The van der Waals surface area contributed by atoms with Crippen LogP contribution in [0.5, 0.6) is 0 Å². The van der Waals surface area contributed by atoms with Crippen molar-refractivity contribution in [3.05, 3.63) is 103 Å². The van der Waals surface area contributed by atoms with Gasteiger partial charge in [0, 0.05) is 63.0 Å². The van der Waals surface area contributed by atoms with Gasteiger partial charge in [-0.3, -0.25) is 43.2 Å². The van der Waals surface area contributed by atoms with E-state index in [1.807, 2.05) is 57.2 Å². The van der Waals surface area contributed by atoms with Crippen LogP contribution in [-0.2, 0) is 85.8 Å². The molecule has 27 heteroatoms. The molecule has 5 aliphatic carbocycles. The van der Waals surface area contributed by atoms with Crippen molar-refractivity contribution in [3.63, 3.8) is 0 Å². The summed E-state index contributed by atoms with van der Waals surface area (Å²) in [5.41, 5.74) is -0.618. The van der Waals surface area contributed by atoms with Crippen molar-refractivity contribution in [2.24, 2.45) is 50.2 Å². The van der Waals surface area contributed by atoms with Gasteiger partial charge >= 0.3 is 29.8 Å². The van der Waals surface area contributed by atoms with Gasteiger partial charge in [0.2, 0.25) is 5.91 Å². The first-order valence-electron chi connectivity index (χ1n) is 33.8. The van der Waals surface area contributed by atoms with Crippen molar-refractivity contribution < 1.29 is 85.8 Å². The number of ether oxygens (including phenoxy) is 9. The average Bonchev–Trinajstić information content (AvgIpc) is 0.673. The van der Waals surface area contributed by atoms with Gasteiger partial charge in [0.05, 0.1) is 6.10 Å². The Bertz CT molecular complexity index is 3740. The lowest BCUT2D eigenvalue weighted by atomic mass is 9.33. The number of benzene rings is 3. The van der Waals surface area contributed by atoms with Crippen LogP contribution in [0.1, 0.15) is 141 Å². The van der Waals surface area contributed by atoms with Crippen LogP contribution in [-0.4, -0.2) is 136 Å². The number of hydrogen-bond donors (Lipinski definition) is 6. The highest BCUT2D eigenvalue weighted by molar-refractivity contribution is 7.81. The molecule has 2 heterocycles. The van der Waals surface area contributed by atoms with Crippen molar-refractivity contribution in [2.75, 3.05) is 16.0 Å². The van der Waals surface area contributed by atoms with Crippen molar-refractivity contribution in [1.29, 1.82) is 0 Å². The first-order valence-corrected chi connectivity index (χ1v) is 35.1. The van der Waals surface area contributed by atoms with Crippen LogP contribution >= 0.6 is 36.7 Å². The number of thiocarbonyl (C=S) groups is 3. The molecule has 0 spiro atoms. The zero-order chi connectivity index (χ0) is 72.6. The van der Waals surface area contributed by atoms with Gasteiger partial charge in [0.1, 0.15) is 0 Å². The number of ketones is 1. The molecule has 6 fully saturated rings. The number of carbonyl (C=O) groups excluding carboxylic acids is 9. The molecular weight excluding hydrogens is 1350 g/mol. The zero-order valence-corrected chi connectivity index (χ0v) is 60.7. The SMILES string of the molecule is CC(=O)O[C@@H]1[C@@H](OC(C)=O)[C@@H](O[C@H]2[C@@H](O[C@H]3CC[C@]4(C)[C@H]5C(=O)C=C6[C@@H]7C[C@@](C)(C(=O)NC(=S)Nc8ccccc8)CC[C@]7(C)CC[C@@]6(C)[C@]5(C)CC[C@H]4C3(C)C)O[C@H](C(=O)NC(=S)Nc3ccccc3)[C@@H](OC(C)=O)[C@@H]2OC(C)=O)O[C@H](C(=O)NC(=S)Nc2ccccc2)[C@H]1OC(C)=O. The molecule has 0 aromatic heterocycles. The number of rotatable bonds is 15. The monoisotopic (exact) mass is 1430 g/mol. The van der Waals surface area contributed by atoms with Gasteiger partial charge in [-0.25, -0.2) is 0 Å². The van der Waals surface area contributed by atoms with E-state index in [9.17, 15) is 38.4 Å². The van der Waals surface area contributed by atoms with Crippen molar-refractivity contribution >= 4 is 122 Å². The lowest BCUT2D eigenvalue weighted by Gasteiger charge is -2.70. The fraction of sp³-hybridized carbons (Fsp3) is 0.562. The molecule has 4 saturated carbocycles. The quantitative estimate of drug-likeness (QED) is 0.0357. The van der Waals surface area contributed by atoms with E-state index < -0.39 is 142 Å². The summed E-state index contributed by atoms with van der Waals surface area (Å²) in [6.07, 6.45) is -12.5. The van der Waals surface area contributed by atoms with Crippen molar-refractivity contribution in [3.8, 4) is 0 Å². The number of hydrogen-bond acceptors (Lipinski definition) is 21. The highest BCUT2D eigenvalue weighted by Gasteiger charge is 2.71. The molecule has 6 N–H and O–H groups in total. The number of nitrogens with one attached hydrogen (secondary N) is 6. The van der Waals surface area contributed by atoms with Gasteiger partial charge in [0.25, 0.3) is 11.8 Å². The molecule has 3 aromatic rings. The number of anilines is 3. The molecule has 0 bridgehead atoms. The number of amides is 3. The van der Waals surface area contributed by atoms with Gasteiger partial charge in [-0.2, -0.15) is 0 Å². The highest BCUT2D eigenvalue weighted by Crippen LogP contribution is 2.75. The normalized spacial score (nSPS) is 34.6. The lowest BCUT2D eigenvalue weighted by molar-refractivity contribution is -0.370. The third-order valence-corrected chi connectivity index (χ3v) is 23.1. The van der Waals surface area contributed by atoms with Gasteiger partial charge in [-0.05, 0) is 176 Å². The van der Waals surface area contributed by atoms with Gasteiger partial charge < -0.3 is 74.5 Å². The number of esters is 5. The molecule has 10 rings (SSSR count). The van der Waals surface area contributed by atoms with E-state index >= 15 is 4.79 Å². The Morgan fingerprint density at radius 1 is 0.480 bits per heavy atom. The van der Waals surface area contributed by atoms with Crippen molar-refractivity contribution in [2.45, 2.75) is 208 Å². The molecular formula is C73H90N6O18S3. The third-order valence-electron chi connectivity index (χ3n) is 22.5. The Morgan fingerprint density at radius 2 is 0.900 bits per heavy atom. The summed E-state index contributed by atoms with van der Waals surface area (Å²) in [6.45, 7) is 20.4. The number of allylic oxidation sites excluding steroid dienone is 2. The molecule has 3 amide bonds. The average molecular weight is 1440 g/mol. The summed E-state index contributed by atoms with van der Waals surface area (Å²) in [6, 6.07) is 26.6. The van der Waals surface area contributed by atoms with E-state index in [1.54, 1.807) is 60.7 Å². The second kappa shape index (κ2) is 29.7. The minimum Gasteiger partial charge on any atom is -0.455 e. The zero-order valence-electron chi connectivity index (χ0n) is 58.3. The summed E-state index contributed by atoms with van der Waals surface area (Å²) in [7, 11) is 0. The molecule has 2 aliphatic heterocycles. The number of para-hydroxylation sites is 3. The van der Waals surface area contributed by atoms with E-state index in [0.29, 0.717) is 43.5 Å². The Morgan fingerprint density at radius 3 is 1.37 bits per heavy atom. The lowest BCUT2D eigenvalue weighted by Crippen LogP contribution is -2.70. The fourth-order valence-corrected chi connectivity index (χ4v) is 18.3. The Hall–Kier alpha value is -7.66. The van der Waals surface area contributed by atoms with Crippen LogP contribution in [0, 0.1) is 50.2 Å². The maximum Gasteiger partial charge on any atom is 0.303 e. The van der Waals surface area contributed by atoms with Crippen LogP contribution in [0.15, 0.2) is 103 Å². The summed E-state index contributed by atoms with van der Waals surface area (Å²) in [4.78, 5) is 126. The Labute approximate surface area is 598 Å². The Kier molecular flexibility index (Phi) is 22.3. The summed E-state index contributed by atoms with van der Waals surface area (Å²) >= 11 is 16.8. The van der Waals surface area contributed by atoms with E-state index in [0.717, 1.165) is 65.1 Å². The molecule has 0 unspecified atom stereocenters. The minimum atomic E-state index is -2.11. The predicted molar refractivity (Wildman–Crippen MR) is 377 cm³/mol.